The lowest BCUT2D eigenvalue weighted by Gasteiger charge is -2.26. The standard InChI is InChI=1S/C21H20FN3O2/c1-13(2)27-19-6-4-3-5-16(19)17-11-20(26)24-21-18(17)12-23-25(21)15-9-7-14(22)8-10-15/h3-10,12-13,17H,11H2,1-2H3,(H,24,26)/t17-/m1/s1. The van der Waals surface area contributed by atoms with Gasteiger partial charge < -0.3 is 10.1 Å². The van der Waals surface area contributed by atoms with Crippen LogP contribution in [0.4, 0.5) is 10.2 Å². The predicted molar refractivity (Wildman–Crippen MR) is 101 cm³/mol. The molecule has 27 heavy (non-hydrogen) atoms. The van der Waals surface area contributed by atoms with Crippen LogP contribution in [0.5, 0.6) is 5.75 Å². The van der Waals surface area contributed by atoms with E-state index in [1.54, 1.807) is 23.0 Å². The van der Waals surface area contributed by atoms with Gasteiger partial charge in [0.1, 0.15) is 17.4 Å². The van der Waals surface area contributed by atoms with Gasteiger partial charge >= 0.3 is 0 Å². The SMILES string of the molecule is CC(C)Oc1ccccc1[C@H]1CC(=O)Nc2c1cnn2-c1ccc(F)cc1. The normalized spacial score (nSPS) is 16.1. The van der Waals surface area contributed by atoms with Crippen LogP contribution >= 0.6 is 0 Å². The Labute approximate surface area is 156 Å². The molecule has 138 valence electrons. The number of hydrogen-bond acceptors (Lipinski definition) is 3. The molecule has 1 N–H and O–H groups in total. The van der Waals surface area contributed by atoms with Crippen LogP contribution in [0.2, 0.25) is 0 Å². The molecular weight excluding hydrogens is 345 g/mol. The van der Waals surface area contributed by atoms with Gasteiger partial charge in [-0.15, -0.1) is 0 Å². The van der Waals surface area contributed by atoms with Crippen LogP contribution in [0, 0.1) is 5.82 Å². The van der Waals surface area contributed by atoms with Gasteiger partial charge in [-0.3, -0.25) is 4.79 Å². The monoisotopic (exact) mass is 365 g/mol. The molecule has 1 amide bonds. The first-order valence-corrected chi connectivity index (χ1v) is 8.92. The largest absolute Gasteiger partial charge is 0.491 e. The Bertz CT molecular complexity index is 979. The second kappa shape index (κ2) is 6.87. The summed E-state index contributed by atoms with van der Waals surface area (Å²) in [5.41, 5.74) is 2.56. The Morgan fingerprint density at radius 2 is 1.89 bits per heavy atom. The molecule has 0 bridgehead atoms. The Morgan fingerprint density at radius 3 is 2.63 bits per heavy atom. The molecule has 0 radical (unpaired) electrons. The molecule has 2 aromatic carbocycles. The molecule has 1 aliphatic rings. The van der Waals surface area contributed by atoms with Gasteiger partial charge in [-0.25, -0.2) is 9.07 Å². The number of carbonyl (C=O) groups excluding carboxylic acids is 1. The molecule has 4 rings (SSSR count). The number of ether oxygens (including phenoxy) is 1. The highest BCUT2D eigenvalue weighted by Gasteiger charge is 2.32. The zero-order valence-corrected chi connectivity index (χ0v) is 15.1. The third-order valence-electron chi connectivity index (χ3n) is 4.55. The number of anilines is 1. The second-order valence-electron chi connectivity index (χ2n) is 6.85. The average Bonchev–Trinajstić information content (AvgIpc) is 3.05. The van der Waals surface area contributed by atoms with Crippen LogP contribution in [0.25, 0.3) is 5.69 Å². The second-order valence-corrected chi connectivity index (χ2v) is 6.85. The Kier molecular flexibility index (Phi) is 4.39. The molecule has 0 unspecified atom stereocenters. The number of nitrogens with zero attached hydrogens (tertiary/aromatic N) is 2. The van der Waals surface area contributed by atoms with E-state index in [-0.39, 0.29) is 23.7 Å². The molecule has 1 aliphatic heterocycles. The Hall–Kier alpha value is -3.15. The van der Waals surface area contributed by atoms with Crippen molar-refractivity contribution < 1.29 is 13.9 Å². The zero-order valence-electron chi connectivity index (χ0n) is 15.1. The van der Waals surface area contributed by atoms with Crippen LogP contribution < -0.4 is 10.1 Å². The summed E-state index contributed by atoms with van der Waals surface area (Å²) in [4.78, 5) is 12.4. The van der Waals surface area contributed by atoms with E-state index in [0.717, 1.165) is 16.9 Å². The average molecular weight is 365 g/mol. The first-order valence-electron chi connectivity index (χ1n) is 8.92. The summed E-state index contributed by atoms with van der Waals surface area (Å²) in [6, 6.07) is 13.8. The van der Waals surface area contributed by atoms with Crippen LogP contribution in [0.1, 0.15) is 37.3 Å². The van der Waals surface area contributed by atoms with Crippen molar-refractivity contribution in [3.8, 4) is 11.4 Å². The fourth-order valence-electron chi connectivity index (χ4n) is 3.40. The summed E-state index contributed by atoms with van der Waals surface area (Å²) in [7, 11) is 0. The van der Waals surface area contributed by atoms with Crippen LogP contribution in [0.3, 0.4) is 0 Å². The molecular formula is C21H20FN3O2. The van der Waals surface area contributed by atoms with Gasteiger partial charge in [-0.1, -0.05) is 18.2 Å². The molecule has 0 fully saturated rings. The molecule has 3 aromatic rings. The first kappa shape index (κ1) is 17.3. The van der Waals surface area contributed by atoms with Crippen molar-refractivity contribution in [1.29, 1.82) is 0 Å². The smallest absolute Gasteiger partial charge is 0.226 e. The number of rotatable bonds is 4. The maximum absolute atomic E-state index is 13.2. The van der Waals surface area contributed by atoms with E-state index in [4.69, 9.17) is 4.74 Å². The summed E-state index contributed by atoms with van der Waals surface area (Å²) in [5, 5.41) is 7.35. The van der Waals surface area contributed by atoms with E-state index in [9.17, 15) is 9.18 Å². The van der Waals surface area contributed by atoms with Crippen molar-refractivity contribution in [1.82, 2.24) is 9.78 Å². The van der Waals surface area contributed by atoms with Gasteiger partial charge in [0.2, 0.25) is 5.91 Å². The highest BCUT2D eigenvalue weighted by molar-refractivity contribution is 5.94. The van der Waals surface area contributed by atoms with Crippen molar-refractivity contribution in [2.75, 3.05) is 5.32 Å². The van der Waals surface area contributed by atoms with E-state index < -0.39 is 0 Å². The lowest BCUT2D eigenvalue weighted by molar-refractivity contribution is -0.116. The third-order valence-corrected chi connectivity index (χ3v) is 4.55. The maximum Gasteiger partial charge on any atom is 0.226 e. The minimum atomic E-state index is -0.318. The Balaban J connectivity index is 1.79. The minimum absolute atomic E-state index is 0.0324. The fraction of sp³-hybridized carbons (Fsp3) is 0.238. The van der Waals surface area contributed by atoms with Crippen LogP contribution in [-0.2, 0) is 4.79 Å². The lowest BCUT2D eigenvalue weighted by atomic mass is 9.87. The molecule has 0 saturated carbocycles. The number of benzene rings is 2. The van der Waals surface area contributed by atoms with E-state index in [2.05, 4.69) is 10.4 Å². The summed E-state index contributed by atoms with van der Waals surface area (Å²) in [6.45, 7) is 3.95. The number of hydrogen-bond donors (Lipinski definition) is 1. The van der Waals surface area contributed by atoms with E-state index in [0.29, 0.717) is 17.9 Å². The van der Waals surface area contributed by atoms with Gasteiger partial charge in [-0.05, 0) is 44.2 Å². The molecule has 5 nitrogen and oxygen atoms in total. The first-order chi connectivity index (χ1) is 13.0. The van der Waals surface area contributed by atoms with Gasteiger partial charge in [0, 0.05) is 23.5 Å². The van der Waals surface area contributed by atoms with E-state index in [1.165, 1.54) is 12.1 Å². The van der Waals surface area contributed by atoms with Crippen molar-refractivity contribution in [3.63, 3.8) is 0 Å². The molecule has 1 aromatic heterocycles. The molecule has 2 heterocycles. The van der Waals surface area contributed by atoms with Crippen LogP contribution in [0.15, 0.2) is 54.7 Å². The maximum atomic E-state index is 13.2. The quantitative estimate of drug-likeness (QED) is 0.751. The molecule has 0 saturated heterocycles. The number of carbonyl (C=O) groups is 1. The lowest BCUT2D eigenvalue weighted by Crippen LogP contribution is -2.25. The third kappa shape index (κ3) is 3.30. The summed E-state index contributed by atoms with van der Waals surface area (Å²) >= 11 is 0. The van der Waals surface area contributed by atoms with Crippen molar-refractivity contribution in [2.45, 2.75) is 32.3 Å². The minimum Gasteiger partial charge on any atom is -0.491 e. The van der Waals surface area contributed by atoms with E-state index >= 15 is 0 Å². The topological polar surface area (TPSA) is 56.1 Å². The number of fused-ring (bicyclic) bond motifs is 1. The van der Waals surface area contributed by atoms with Crippen molar-refractivity contribution in [3.05, 3.63) is 71.7 Å². The summed E-state index contributed by atoms with van der Waals surface area (Å²) in [5.74, 6) is 0.824. The zero-order chi connectivity index (χ0) is 19.0. The number of amides is 1. The van der Waals surface area contributed by atoms with Gasteiger partial charge in [0.05, 0.1) is 18.0 Å². The number of halogens is 1. The van der Waals surface area contributed by atoms with Crippen LogP contribution in [-0.4, -0.2) is 21.8 Å². The highest BCUT2D eigenvalue weighted by Crippen LogP contribution is 2.41. The number of nitrogens with one attached hydrogen (secondary N) is 1. The molecule has 0 spiro atoms. The number of para-hydroxylation sites is 1. The fourth-order valence-corrected chi connectivity index (χ4v) is 3.40. The highest BCUT2D eigenvalue weighted by atomic mass is 19.1. The molecule has 0 aliphatic carbocycles. The summed E-state index contributed by atoms with van der Waals surface area (Å²) in [6.07, 6.45) is 2.11. The number of aromatic nitrogens is 2. The van der Waals surface area contributed by atoms with Crippen molar-refractivity contribution in [2.24, 2.45) is 0 Å². The van der Waals surface area contributed by atoms with Gasteiger partial charge in [0.25, 0.3) is 0 Å². The van der Waals surface area contributed by atoms with Gasteiger partial charge in [-0.2, -0.15) is 5.10 Å². The van der Waals surface area contributed by atoms with Gasteiger partial charge in [0.15, 0.2) is 0 Å². The molecule has 1 atom stereocenters. The van der Waals surface area contributed by atoms with E-state index in [1.807, 2.05) is 38.1 Å². The summed E-state index contributed by atoms with van der Waals surface area (Å²) < 4.78 is 20.8. The van der Waals surface area contributed by atoms with Crippen molar-refractivity contribution >= 4 is 11.7 Å². The Morgan fingerprint density at radius 1 is 1.15 bits per heavy atom. The molecule has 6 heteroatoms. The predicted octanol–water partition coefficient (Wildman–Crippen LogP) is 4.27.